The molecule has 29 heavy (non-hydrogen) atoms. The summed E-state index contributed by atoms with van der Waals surface area (Å²) in [5.74, 6) is 0.244. The Morgan fingerprint density at radius 2 is 1.86 bits per heavy atom. The third-order valence-electron chi connectivity index (χ3n) is 5.27. The van der Waals surface area contributed by atoms with E-state index in [1.54, 1.807) is 21.0 Å². The van der Waals surface area contributed by atoms with Crippen molar-refractivity contribution in [2.75, 3.05) is 7.11 Å². The van der Waals surface area contributed by atoms with Gasteiger partial charge in [0.2, 0.25) is 5.91 Å². The van der Waals surface area contributed by atoms with Crippen molar-refractivity contribution in [1.82, 2.24) is 5.32 Å². The first kappa shape index (κ1) is 19.1. The number of carbonyl (C=O) groups excluding carboxylic acids is 2. The minimum atomic E-state index is -0.844. The van der Waals surface area contributed by atoms with E-state index < -0.39 is 11.6 Å². The summed E-state index contributed by atoms with van der Waals surface area (Å²) in [6.07, 6.45) is 0.178. The molecule has 1 atom stereocenters. The van der Waals surface area contributed by atoms with Gasteiger partial charge in [-0.2, -0.15) is 0 Å². The molecule has 2 aromatic carbocycles. The average Bonchev–Trinajstić information content (AvgIpc) is 2.94. The number of nitrogens with one attached hydrogen (secondary N) is 1. The molecule has 2 aromatic rings. The van der Waals surface area contributed by atoms with Crippen molar-refractivity contribution in [3.05, 3.63) is 70.9 Å². The van der Waals surface area contributed by atoms with E-state index in [4.69, 9.17) is 14.2 Å². The van der Waals surface area contributed by atoms with E-state index in [-0.39, 0.29) is 18.2 Å². The van der Waals surface area contributed by atoms with Gasteiger partial charge < -0.3 is 19.5 Å². The Morgan fingerprint density at radius 3 is 2.59 bits per heavy atom. The van der Waals surface area contributed by atoms with Gasteiger partial charge in [-0.05, 0) is 37.1 Å². The normalized spacial score (nSPS) is 20.0. The maximum atomic E-state index is 12.5. The van der Waals surface area contributed by atoms with Gasteiger partial charge in [0, 0.05) is 12.3 Å². The second-order valence-electron chi connectivity index (χ2n) is 7.68. The zero-order valence-electron chi connectivity index (χ0n) is 16.7. The Kier molecular flexibility index (Phi) is 4.78. The Bertz CT molecular complexity index is 994. The molecule has 0 saturated carbocycles. The van der Waals surface area contributed by atoms with Crippen LogP contribution in [0.25, 0.3) is 0 Å². The van der Waals surface area contributed by atoms with Crippen LogP contribution in [0.5, 0.6) is 11.5 Å². The molecule has 1 amide bonds. The van der Waals surface area contributed by atoms with Crippen LogP contribution in [0.3, 0.4) is 0 Å². The summed E-state index contributed by atoms with van der Waals surface area (Å²) in [5, 5.41) is 2.82. The van der Waals surface area contributed by atoms with Gasteiger partial charge in [-0.15, -0.1) is 0 Å². The van der Waals surface area contributed by atoms with Gasteiger partial charge in [0.15, 0.2) is 11.5 Å². The van der Waals surface area contributed by atoms with Crippen molar-refractivity contribution in [1.29, 1.82) is 0 Å². The number of benzene rings is 2. The lowest BCUT2D eigenvalue weighted by atomic mass is 9.82. The molecule has 0 unspecified atom stereocenters. The Morgan fingerprint density at radius 1 is 1.10 bits per heavy atom. The Balaban J connectivity index is 1.64. The highest BCUT2D eigenvalue weighted by molar-refractivity contribution is 5.99. The third kappa shape index (κ3) is 3.58. The molecular weight excluding hydrogens is 370 g/mol. The minimum Gasteiger partial charge on any atom is -0.493 e. The summed E-state index contributed by atoms with van der Waals surface area (Å²) in [6.45, 7) is 3.96. The maximum absolute atomic E-state index is 12.5. The number of rotatable bonds is 5. The quantitative estimate of drug-likeness (QED) is 0.788. The van der Waals surface area contributed by atoms with Crippen molar-refractivity contribution in [3.63, 3.8) is 0 Å². The topological polar surface area (TPSA) is 73.9 Å². The molecule has 150 valence electrons. The molecule has 6 heteroatoms. The minimum absolute atomic E-state index is 0.136. The standard InChI is InChI=1S/C23H23NO5/c1-23(2)21-20(22(26)29-23)16(12-19(25)24-21)15-9-10-17(18(11-15)27-3)28-13-14-7-5-4-6-8-14/h4-11,16H,12-13H2,1-3H3,(H,24,25)/t16-/m1/s1. The van der Waals surface area contributed by atoms with Crippen LogP contribution in [-0.4, -0.2) is 24.6 Å². The van der Waals surface area contributed by atoms with Crippen LogP contribution in [-0.2, 0) is 20.9 Å². The summed E-state index contributed by atoms with van der Waals surface area (Å²) in [5.41, 5.74) is 2.07. The van der Waals surface area contributed by atoms with Crippen molar-refractivity contribution in [3.8, 4) is 11.5 Å². The molecule has 4 rings (SSSR count). The molecule has 0 saturated heterocycles. The molecule has 0 aromatic heterocycles. The summed E-state index contributed by atoms with van der Waals surface area (Å²) < 4.78 is 16.9. The fourth-order valence-electron chi connectivity index (χ4n) is 3.82. The lowest BCUT2D eigenvalue weighted by Gasteiger charge is -2.27. The predicted octanol–water partition coefficient (Wildman–Crippen LogP) is 3.47. The smallest absolute Gasteiger partial charge is 0.337 e. The molecule has 2 aliphatic rings. The van der Waals surface area contributed by atoms with Gasteiger partial charge in [0.05, 0.1) is 18.4 Å². The molecule has 2 heterocycles. The molecule has 6 nitrogen and oxygen atoms in total. The second kappa shape index (κ2) is 7.28. The van der Waals surface area contributed by atoms with Gasteiger partial charge in [-0.25, -0.2) is 4.79 Å². The van der Waals surface area contributed by atoms with Gasteiger partial charge in [0.1, 0.15) is 12.2 Å². The number of hydrogen-bond acceptors (Lipinski definition) is 5. The highest BCUT2D eigenvalue weighted by Gasteiger charge is 2.47. The van der Waals surface area contributed by atoms with Gasteiger partial charge >= 0.3 is 5.97 Å². The zero-order valence-corrected chi connectivity index (χ0v) is 16.7. The van der Waals surface area contributed by atoms with Crippen LogP contribution in [0, 0.1) is 0 Å². The van der Waals surface area contributed by atoms with E-state index >= 15 is 0 Å². The lowest BCUT2D eigenvalue weighted by molar-refractivity contribution is -0.144. The summed E-state index contributed by atoms with van der Waals surface area (Å²) in [4.78, 5) is 24.8. The van der Waals surface area contributed by atoms with Gasteiger partial charge in [-0.3, -0.25) is 4.79 Å². The number of carbonyl (C=O) groups is 2. The molecule has 0 spiro atoms. The molecule has 1 N–H and O–H groups in total. The van der Waals surface area contributed by atoms with Crippen LogP contribution in [0.15, 0.2) is 59.8 Å². The Hall–Kier alpha value is -3.28. The number of esters is 1. The maximum Gasteiger partial charge on any atom is 0.337 e. The van der Waals surface area contributed by atoms with Crippen molar-refractivity contribution in [2.45, 2.75) is 38.4 Å². The zero-order chi connectivity index (χ0) is 20.6. The predicted molar refractivity (Wildman–Crippen MR) is 106 cm³/mol. The van der Waals surface area contributed by atoms with Crippen molar-refractivity contribution < 1.29 is 23.8 Å². The number of amides is 1. The largest absolute Gasteiger partial charge is 0.493 e. The fourth-order valence-corrected chi connectivity index (χ4v) is 3.82. The molecule has 0 aliphatic carbocycles. The Labute approximate surface area is 169 Å². The lowest BCUT2D eigenvalue weighted by Crippen LogP contribution is -2.38. The third-order valence-corrected chi connectivity index (χ3v) is 5.27. The number of methoxy groups -OCH3 is 1. The number of hydrogen-bond donors (Lipinski definition) is 1. The SMILES string of the molecule is COc1cc([C@H]2CC(=O)NC3=C2C(=O)OC3(C)C)ccc1OCc1ccccc1. The highest BCUT2D eigenvalue weighted by atomic mass is 16.6. The van der Waals surface area contributed by atoms with E-state index in [0.717, 1.165) is 11.1 Å². The van der Waals surface area contributed by atoms with E-state index in [9.17, 15) is 9.59 Å². The first-order chi connectivity index (χ1) is 13.9. The summed E-state index contributed by atoms with van der Waals surface area (Å²) in [7, 11) is 1.57. The molecule has 0 radical (unpaired) electrons. The summed E-state index contributed by atoms with van der Waals surface area (Å²) >= 11 is 0. The molecular formula is C23H23NO5. The van der Waals surface area contributed by atoms with Gasteiger partial charge in [0.25, 0.3) is 0 Å². The van der Waals surface area contributed by atoms with E-state index in [0.29, 0.717) is 29.4 Å². The summed E-state index contributed by atoms with van der Waals surface area (Å²) in [6, 6.07) is 15.4. The van der Waals surface area contributed by atoms with Crippen molar-refractivity contribution >= 4 is 11.9 Å². The molecule has 0 fully saturated rings. The van der Waals surface area contributed by atoms with E-state index in [1.807, 2.05) is 48.5 Å². The first-order valence-electron chi connectivity index (χ1n) is 9.51. The number of cyclic esters (lactones) is 1. The van der Waals surface area contributed by atoms with Crippen LogP contribution in [0.4, 0.5) is 0 Å². The highest BCUT2D eigenvalue weighted by Crippen LogP contribution is 2.44. The molecule has 0 bridgehead atoms. The average molecular weight is 393 g/mol. The van der Waals surface area contributed by atoms with Gasteiger partial charge in [-0.1, -0.05) is 36.4 Å². The van der Waals surface area contributed by atoms with E-state index in [2.05, 4.69) is 5.32 Å². The van der Waals surface area contributed by atoms with Crippen molar-refractivity contribution in [2.24, 2.45) is 0 Å². The second-order valence-corrected chi connectivity index (χ2v) is 7.68. The van der Waals surface area contributed by atoms with E-state index in [1.165, 1.54) is 0 Å². The van der Waals surface area contributed by atoms with Crippen LogP contribution < -0.4 is 14.8 Å². The first-order valence-corrected chi connectivity index (χ1v) is 9.51. The number of ether oxygens (including phenoxy) is 3. The molecule has 2 aliphatic heterocycles. The van der Waals surface area contributed by atoms with Crippen LogP contribution in [0.1, 0.15) is 37.3 Å². The monoisotopic (exact) mass is 393 g/mol. The van der Waals surface area contributed by atoms with Crippen LogP contribution in [0.2, 0.25) is 0 Å². The van der Waals surface area contributed by atoms with Crippen LogP contribution >= 0.6 is 0 Å². The fraction of sp³-hybridized carbons (Fsp3) is 0.304.